The van der Waals surface area contributed by atoms with Crippen molar-refractivity contribution in [2.24, 2.45) is 5.41 Å². The molecule has 1 saturated carbocycles. The van der Waals surface area contributed by atoms with Gasteiger partial charge in [-0.2, -0.15) is 0 Å². The summed E-state index contributed by atoms with van der Waals surface area (Å²) in [5.74, 6) is -0.147. The van der Waals surface area contributed by atoms with E-state index in [9.17, 15) is 14.4 Å². The molecule has 0 unspecified atom stereocenters. The molecule has 84 valence electrons. The van der Waals surface area contributed by atoms with E-state index in [0.717, 1.165) is 0 Å². The zero-order valence-electron chi connectivity index (χ0n) is 8.95. The first-order chi connectivity index (χ1) is 7.17. The maximum Gasteiger partial charge on any atom is 0.147 e. The first kappa shape index (κ1) is 12.0. The summed E-state index contributed by atoms with van der Waals surface area (Å²) >= 11 is 0. The van der Waals surface area contributed by atoms with E-state index in [1.807, 2.05) is 0 Å². The molecule has 0 spiro atoms. The van der Waals surface area contributed by atoms with Crippen LogP contribution in [-0.2, 0) is 19.1 Å². The normalized spacial score (nSPS) is 19.5. The van der Waals surface area contributed by atoms with Gasteiger partial charge >= 0.3 is 0 Å². The monoisotopic (exact) mass is 212 g/mol. The van der Waals surface area contributed by atoms with E-state index in [-0.39, 0.29) is 18.0 Å². The second-order valence-electron chi connectivity index (χ2n) is 3.90. The van der Waals surface area contributed by atoms with Crippen molar-refractivity contribution < 1.29 is 19.1 Å². The number of rotatable bonds is 6. The predicted molar refractivity (Wildman–Crippen MR) is 53.5 cm³/mol. The lowest BCUT2D eigenvalue weighted by Gasteiger charge is -2.22. The van der Waals surface area contributed by atoms with Crippen molar-refractivity contribution in [2.45, 2.75) is 32.1 Å². The fourth-order valence-electron chi connectivity index (χ4n) is 2.13. The summed E-state index contributed by atoms with van der Waals surface area (Å²) in [7, 11) is 1.57. The Morgan fingerprint density at radius 1 is 1.33 bits per heavy atom. The first-order valence-corrected chi connectivity index (χ1v) is 5.16. The molecular formula is C11H16O4. The van der Waals surface area contributed by atoms with E-state index in [1.165, 1.54) is 0 Å². The Morgan fingerprint density at radius 2 is 1.93 bits per heavy atom. The Kier molecular flexibility index (Phi) is 4.15. The van der Waals surface area contributed by atoms with Gasteiger partial charge in [-0.05, 0) is 12.8 Å². The molecule has 1 fully saturated rings. The van der Waals surface area contributed by atoms with Gasteiger partial charge in [0.1, 0.15) is 17.9 Å². The van der Waals surface area contributed by atoms with Crippen LogP contribution in [0.4, 0.5) is 0 Å². The van der Waals surface area contributed by atoms with Crippen LogP contribution in [-0.4, -0.2) is 31.6 Å². The molecule has 0 aromatic rings. The lowest BCUT2D eigenvalue weighted by molar-refractivity contribution is -0.138. The number of hydrogen-bond donors (Lipinski definition) is 0. The number of methoxy groups -OCH3 is 1. The summed E-state index contributed by atoms with van der Waals surface area (Å²) in [4.78, 5) is 33.9. The SMILES string of the molecule is COCCCC1(CC=O)C(=O)CCC1=O. The van der Waals surface area contributed by atoms with Crippen molar-refractivity contribution >= 4 is 17.9 Å². The maximum atomic E-state index is 11.7. The standard InChI is InChI=1S/C11H16O4/c1-15-8-2-5-11(6-7-12)9(13)3-4-10(11)14/h7H,2-6,8H2,1H3. The van der Waals surface area contributed by atoms with Crippen LogP contribution in [0.1, 0.15) is 32.1 Å². The Hall–Kier alpha value is -1.03. The lowest BCUT2D eigenvalue weighted by Crippen LogP contribution is -2.33. The molecule has 0 aromatic carbocycles. The van der Waals surface area contributed by atoms with Crippen molar-refractivity contribution in [2.75, 3.05) is 13.7 Å². The van der Waals surface area contributed by atoms with E-state index in [1.54, 1.807) is 7.11 Å². The third-order valence-corrected chi connectivity index (χ3v) is 3.03. The fraction of sp³-hybridized carbons (Fsp3) is 0.727. The van der Waals surface area contributed by atoms with Crippen LogP contribution in [0, 0.1) is 5.41 Å². The number of ketones is 2. The molecule has 0 atom stereocenters. The molecule has 0 saturated heterocycles. The van der Waals surface area contributed by atoms with Crippen LogP contribution < -0.4 is 0 Å². The van der Waals surface area contributed by atoms with Gasteiger partial charge < -0.3 is 9.53 Å². The minimum Gasteiger partial charge on any atom is -0.385 e. The molecular weight excluding hydrogens is 196 g/mol. The average molecular weight is 212 g/mol. The Balaban J connectivity index is 2.72. The lowest BCUT2D eigenvalue weighted by atomic mass is 9.77. The van der Waals surface area contributed by atoms with Gasteiger partial charge in [0.15, 0.2) is 0 Å². The number of hydrogen-bond acceptors (Lipinski definition) is 4. The van der Waals surface area contributed by atoms with E-state index in [2.05, 4.69) is 0 Å². The third kappa shape index (κ3) is 2.31. The van der Waals surface area contributed by atoms with E-state index >= 15 is 0 Å². The summed E-state index contributed by atoms with van der Waals surface area (Å²) in [6.07, 6.45) is 2.38. The summed E-state index contributed by atoms with van der Waals surface area (Å²) in [5.41, 5.74) is -1.01. The largest absolute Gasteiger partial charge is 0.385 e. The minimum absolute atomic E-state index is 0.0361. The second kappa shape index (κ2) is 5.16. The molecule has 15 heavy (non-hydrogen) atoms. The molecule has 0 N–H and O–H groups in total. The Bertz CT molecular complexity index is 254. The summed E-state index contributed by atoms with van der Waals surface area (Å²) in [5, 5.41) is 0. The second-order valence-corrected chi connectivity index (χ2v) is 3.90. The van der Waals surface area contributed by atoms with Crippen molar-refractivity contribution in [1.82, 2.24) is 0 Å². The van der Waals surface area contributed by atoms with Crippen molar-refractivity contribution in [1.29, 1.82) is 0 Å². The maximum absolute atomic E-state index is 11.7. The summed E-state index contributed by atoms with van der Waals surface area (Å²) in [6.45, 7) is 0.515. The summed E-state index contributed by atoms with van der Waals surface area (Å²) < 4.78 is 4.88. The zero-order valence-corrected chi connectivity index (χ0v) is 8.95. The van der Waals surface area contributed by atoms with Crippen LogP contribution in [0.3, 0.4) is 0 Å². The number of carbonyl (C=O) groups excluding carboxylic acids is 3. The number of ether oxygens (including phenoxy) is 1. The molecule has 1 aliphatic carbocycles. The smallest absolute Gasteiger partial charge is 0.147 e. The van der Waals surface area contributed by atoms with E-state index in [4.69, 9.17) is 4.74 Å². The minimum atomic E-state index is -1.01. The van der Waals surface area contributed by atoms with Gasteiger partial charge in [0.25, 0.3) is 0 Å². The molecule has 4 nitrogen and oxygen atoms in total. The molecule has 0 heterocycles. The van der Waals surface area contributed by atoms with Crippen LogP contribution in [0.5, 0.6) is 0 Å². The molecule has 4 heteroatoms. The average Bonchev–Trinajstić information content (AvgIpc) is 2.48. The summed E-state index contributed by atoms with van der Waals surface area (Å²) in [6, 6.07) is 0. The number of Topliss-reactive ketones (excluding diaryl/α,β-unsaturated/α-hetero) is 2. The van der Waals surface area contributed by atoms with E-state index < -0.39 is 5.41 Å². The number of carbonyl (C=O) groups is 3. The van der Waals surface area contributed by atoms with Gasteiger partial charge in [0, 0.05) is 33.0 Å². The molecule has 1 aliphatic rings. The molecule has 0 bridgehead atoms. The number of aldehydes is 1. The Labute approximate surface area is 89.0 Å². The van der Waals surface area contributed by atoms with Crippen LogP contribution in [0.15, 0.2) is 0 Å². The van der Waals surface area contributed by atoms with Crippen molar-refractivity contribution in [3.63, 3.8) is 0 Å². The van der Waals surface area contributed by atoms with Gasteiger partial charge in [-0.25, -0.2) is 0 Å². The van der Waals surface area contributed by atoms with Gasteiger partial charge in [-0.1, -0.05) is 0 Å². The molecule has 0 radical (unpaired) electrons. The molecule has 0 aliphatic heterocycles. The highest BCUT2D eigenvalue weighted by molar-refractivity contribution is 6.13. The highest BCUT2D eigenvalue weighted by atomic mass is 16.5. The van der Waals surface area contributed by atoms with Crippen molar-refractivity contribution in [3.05, 3.63) is 0 Å². The van der Waals surface area contributed by atoms with Crippen LogP contribution in [0.2, 0.25) is 0 Å². The fourth-order valence-corrected chi connectivity index (χ4v) is 2.13. The highest BCUT2D eigenvalue weighted by Crippen LogP contribution is 2.38. The topological polar surface area (TPSA) is 60.4 Å². The Morgan fingerprint density at radius 3 is 2.40 bits per heavy atom. The van der Waals surface area contributed by atoms with E-state index in [0.29, 0.717) is 38.6 Å². The molecule has 0 amide bonds. The van der Waals surface area contributed by atoms with Crippen molar-refractivity contribution in [3.8, 4) is 0 Å². The van der Waals surface area contributed by atoms with Gasteiger partial charge in [-0.15, -0.1) is 0 Å². The molecule has 1 rings (SSSR count). The van der Waals surface area contributed by atoms with Gasteiger partial charge in [0.05, 0.1) is 5.41 Å². The van der Waals surface area contributed by atoms with Crippen LogP contribution >= 0.6 is 0 Å². The predicted octanol–water partition coefficient (Wildman–Crippen LogP) is 0.920. The quantitative estimate of drug-likeness (QED) is 0.373. The van der Waals surface area contributed by atoms with Gasteiger partial charge in [-0.3, -0.25) is 9.59 Å². The third-order valence-electron chi connectivity index (χ3n) is 3.03. The highest BCUT2D eigenvalue weighted by Gasteiger charge is 2.48. The van der Waals surface area contributed by atoms with Gasteiger partial charge in [0.2, 0.25) is 0 Å². The zero-order chi connectivity index (χ0) is 11.3. The van der Waals surface area contributed by atoms with Crippen LogP contribution in [0.25, 0.3) is 0 Å². The first-order valence-electron chi connectivity index (χ1n) is 5.16. The molecule has 0 aromatic heterocycles.